The molecule has 0 radical (unpaired) electrons. The lowest BCUT2D eigenvalue weighted by molar-refractivity contribution is -0.146. The third kappa shape index (κ3) is 8.79. The summed E-state index contributed by atoms with van der Waals surface area (Å²) in [7, 11) is -3.72. The quantitative estimate of drug-likeness (QED) is 0.240. The van der Waals surface area contributed by atoms with E-state index in [1.54, 1.807) is 37.4 Å². The minimum absolute atomic E-state index is 0.0417. The molecule has 2 aliphatic rings. The van der Waals surface area contributed by atoms with Crippen LogP contribution in [0.15, 0.2) is 54.4 Å². The Hall–Kier alpha value is -2.49. The number of amides is 1. The summed E-state index contributed by atoms with van der Waals surface area (Å²) in [5.41, 5.74) is 5.93. The minimum Gasteiger partial charge on any atom is -0.464 e. The Morgan fingerprint density at radius 1 is 1.24 bits per heavy atom. The van der Waals surface area contributed by atoms with Crippen molar-refractivity contribution < 1.29 is 33.0 Å². The van der Waals surface area contributed by atoms with E-state index in [0.717, 1.165) is 12.8 Å². The zero-order chi connectivity index (χ0) is 26.8. The summed E-state index contributed by atoms with van der Waals surface area (Å²) < 4.78 is 23.2. The first-order valence-corrected chi connectivity index (χ1v) is 14.4. The van der Waals surface area contributed by atoms with Crippen LogP contribution in [0.5, 0.6) is 5.75 Å². The average molecular weight is 537 g/mol. The van der Waals surface area contributed by atoms with E-state index in [9.17, 15) is 14.5 Å². The molecule has 1 amide bonds. The summed E-state index contributed by atoms with van der Waals surface area (Å²) >= 11 is 0. The lowest BCUT2D eigenvalue weighted by Crippen LogP contribution is -2.38. The zero-order valence-corrected chi connectivity index (χ0v) is 22.6. The topological polar surface area (TPSA) is 133 Å². The van der Waals surface area contributed by atoms with Gasteiger partial charge in [0.2, 0.25) is 5.91 Å². The number of hydrogen-bond donors (Lipinski definition) is 3. The molecule has 0 spiro atoms. The molecule has 3 rings (SSSR count). The molecule has 4 atom stereocenters. The van der Waals surface area contributed by atoms with Crippen LogP contribution in [0.2, 0.25) is 0 Å². The van der Waals surface area contributed by atoms with Crippen LogP contribution < -0.4 is 15.3 Å². The smallest absolute Gasteiger partial charge is 0.464 e. The molecule has 2 heterocycles. The van der Waals surface area contributed by atoms with E-state index in [4.69, 9.17) is 24.3 Å². The Kier molecular flexibility index (Phi) is 10.9. The predicted octanol–water partition coefficient (Wildman–Crippen LogP) is 3.80. The third-order valence-electron chi connectivity index (χ3n) is 6.39. The van der Waals surface area contributed by atoms with Crippen LogP contribution in [0.3, 0.4) is 0 Å². The molecule has 1 fully saturated rings. The van der Waals surface area contributed by atoms with Gasteiger partial charge < -0.3 is 20.1 Å². The van der Waals surface area contributed by atoms with Gasteiger partial charge in [0.1, 0.15) is 18.9 Å². The van der Waals surface area contributed by atoms with Crippen LogP contribution in [0, 0.1) is 5.92 Å². The van der Waals surface area contributed by atoms with E-state index in [1.807, 2.05) is 23.2 Å². The maximum absolute atomic E-state index is 12.6. The Morgan fingerprint density at radius 2 is 1.97 bits per heavy atom. The monoisotopic (exact) mass is 536 g/mol. The summed E-state index contributed by atoms with van der Waals surface area (Å²) in [6.07, 6.45) is 8.51. The molecule has 0 saturated carbocycles. The van der Waals surface area contributed by atoms with Crippen LogP contribution in [0.4, 0.5) is 0 Å². The van der Waals surface area contributed by atoms with Crippen LogP contribution in [0.1, 0.15) is 52.9 Å². The average Bonchev–Trinajstić information content (AvgIpc) is 3.38. The van der Waals surface area contributed by atoms with Crippen molar-refractivity contribution in [2.75, 3.05) is 13.2 Å². The normalized spacial score (nSPS) is 21.9. The third-order valence-corrected chi connectivity index (χ3v) is 8.06. The number of allylic oxidation sites excluding steroid dienone is 1. The second kappa shape index (κ2) is 13.9. The predicted molar refractivity (Wildman–Crippen MR) is 141 cm³/mol. The largest absolute Gasteiger partial charge is 0.544 e. The molecular weight excluding hydrogens is 497 g/mol. The number of carbonyl (C=O) groups is 2. The maximum Gasteiger partial charge on any atom is 0.544 e. The standard InChI is InChI=1S/C26H38N3O7P/c1-4-20(5-2)17-33-26(31)19(3)28-37(32,36-22-11-7-6-8-12-22)34-18-23-13-14-24(35-23)29-15-9-10-21(16-29)25(27)30/h6-9,11-12,15-16,19-20,23-24,28,32H,4-5,10,13-14,17-18H2,1-3H3,(H-,27,30)/p+1/t19?,23?,24-,37?/m1/s1. The van der Waals surface area contributed by atoms with Gasteiger partial charge in [0.15, 0.2) is 5.75 Å². The summed E-state index contributed by atoms with van der Waals surface area (Å²) in [4.78, 5) is 37.3. The van der Waals surface area contributed by atoms with Crippen LogP contribution in [-0.4, -0.2) is 53.3 Å². The minimum atomic E-state index is -3.72. The molecule has 1 aromatic carbocycles. The van der Waals surface area contributed by atoms with Crippen molar-refractivity contribution in [1.82, 2.24) is 9.99 Å². The van der Waals surface area contributed by atoms with Crippen molar-refractivity contribution in [2.24, 2.45) is 11.7 Å². The van der Waals surface area contributed by atoms with E-state index < -0.39 is 26.0 Å². The Labute approximate surface area is 219 Å². The number of benzene rings is 1. The van der Waals surface area contributed by atoms with E-state index >= 15 is 0 Å². The van der Waals surface area contributed by atoms with Gasteiger partial charge in [-0.3, -0.25) is 14.1 Å². The molecule has 1 aromatic rings. The number of primary amides is 1. The molecule has 37 heavy (non-hydrogen) atoms. The molecule has 0 bridgehead atoms. The highest BCUT2D eigenvalue weighted by Crippen LogP contribution is 2.53. The van der Waals surface area contributed by atoms with Gasteiger partial charge in [-0.15, -0.1) is 0 Å². The van der Waals surface area contributed by atoms with Crippen LogP contribution in [-0.2, 0) is 23.6 Å². The molecule has 0 aliphatic carbocycles. The maximum atomic E-state index is 12.6. The van der Waals surface area contributed by atoms with Crippen molar-refractivity contribution in [3.63, 3.8) is 0 Å². The summed E-state index contributed by atoms with van der Waals surface area (Å²) in [5.74, 6) is -0.260. The molecule has 1 saturated heterocycles. The van der Waals surface area contributed by atoms with Crippen LogP contribution >= 0.6 is 8.09 Å². The number of nitrogens with two attached hydrogens (primary N) is 1. The van der Waals surface area contributed by atoms with Gasteiger partial charge in [0, 0.05) is 18.0 Å². The summed E-state index contributed by atoms with van der Waals surface area (Å²) in [6, 6.07) is 7.91. The molecule has 4 N–H and O–H groups in total. The van der Waals surface area contributed by atoms with Gasteiger partial charge >= 0.3 is 14.1 Å². The highest BCUT2D eigenvalue weighted by Gasteiger charge is 2.48. The first-order valence-electron chi connectivity index (χ1n) is 12.8. The van der Waals surface area contributed by atoms with Crippen molar-refractivity contribution >= 4 is 20.0 Å². The molecule has 204 valence electrons. The number of para-hydroxylation sites is 1. The number of ether oxygens (including phenoxy) is 2. The number of nitrogens with one attached hydrogen (secondary N) is 1. The fourth-order valence-electron chi connectivity index (χ4n) is 3.99. The van der Waals surface area contributed by atoms with E-state index in [0.29, 0.717) is 37.2 Å². The second-order valence-electron chi connectivity index (χ2n) is 9.23. The van der Waals surface area contributed by atoms with E-state index in [1.165, 1.54) is 0 Å². The second-order valence-corrected chi connectivity index (χ2v) is 11.0. The SMILES string of the molecule is CCC(CC)COC(=O)C(C)N[P+](O)(OCC1CC[C@H](N2C=CCC(C(N)=O)=C2)O1)Oc1ccccc1. The molecule has 10 nitrogen and oxygen atoms in total. The van der Waals surface area contributed by atoms with Crippen LogP contribution in [0.25, 0.3) is 0 Å². The van der Waals surface area contributed by atoms with Crippen molar-refractivity contribution in [1.29, 1.82) is 0 Å². The number of carbonyl (C=O) groups excluding carboxylic acids is 2. The van der Waals surface area contributed by atoms with E-state index in [2.05, 4.69) is 18.9 Å². The number of esters is 1. The first kappa shape index (κ1) is 29.1. The molecule has 11 heteroatoms. The van der Waals surface area contributed by atoms with Gasteiger partial charge in [-0.25, -0.2) is 0 Å². The highest BCUT2D eigenvalue weighted by atomic mass is 31.2. The molecule has 3 unspecified atom stereocenters. The Balaban J connectivity index is 1.60. The summed E-state index contributed by atoms with van der Waals surface area (Å²) in [5, 5.41) is 2.83. The molecular formula is C26H39N3O7P+. The fourth-order valence-corrected chi connectivity index (χ4v) is 5.54. The molecule has 2 aliphatic heterocycles. The number of rotatable bonds is 14. The van der Waals surface area contributed by atoms with E-state index in [-0.39, 0.29) is 24.9 Å². The highest BCUT2D eigenvalue weighted by molar-refractivity contribution is 7.58. The van der Waals surface area contributed by atoms with Gasteiger partial charge in [-0.05, 0) is 44.2 Å². The zero-order valence-electron chi connectivity index (χ0n) is 21.7. The summed E-state index contributed by atoms with van der Waals surface area (Å²) in [6.45, 7) is 6.08. The van der Waals surface area contributed by atoms with Gasteiger partial charge in [0.05, 0.1) is 12.7 Å². The molecule has 0 aromatic heterocycles. The fraction of sp³-hybridized carbons (Fsp3) is 0.538. The van der Waals surface area contributed by atoms with Crippen molar-refractivity contribution in [3.05, 3.63) is 54.4 Å². The number of hydrogen-bond acceptors (Lipinski definition) is 9. The first-order chi connectivity index (χ1) is 17.7. The Morgan fingerprint density at radius 3 is 2.65 bits per heavy atom. The van der Waals surface area contributed by atoms with Gasteiger partial charge in [0.25, 0.3) is 0 Å². The Bertz CT molecular complexity index is 957. The van der Waals surface area contributed by atoms with Crippen molar-refractivity contribution in [2.45, 2.75) is 71.2 Å². The van der Waals surface area contributed by atoms with Gasteiger partial charge in [-0.2, -0.15) is 9.42 Å². The lowest BCUT2D eigenvalue weighted by atomic mass is 10.1. The number of nitrogens with zero attached hydrogens (tertiary/aromatic N) is 1. The van der Waals surface area contributed by atoms with Crippen molar-refractivity contribution in [3.8, 4) is 5.75 Å². The lowest BCUT2D eigenvalue weighted by Gasteiger charge is -2.27. The van der Waals surface area contributed by atoms with Gasteiger partial charge in [-0.1, -0.05) is 56.1 Å².